The Hall–Kier alpha value is -1.46. The molecule has 0 aliphatic carbocycles. The highest BCUT2D eigenvalue weighted by Crippen LogP contribution is 2.11. The number of carbonyl (C=O) groups excluding carboxylic acids is 1. The highest BCUT2D eigenvalue weighted by atomic mass is 16.4. The predicted molar refractivity (Wildman–Crippen MR) is 34.0 cm³/mol. The average molecular weight is 172 g/mol. The minimum Gasteiger partial charge on any atom is -0.530 e. The molecule has 1 rings (SSSR count). The van der Waals surface area contributed by atoms with Gasteiger partial charge in [-0.1, -0.05) is 0 Å². The molecule has 2 N–H and O–H groups in total. The fourth-order valence-corrected chi connectivity index (χ4v) is 1.11. The number of carboxylic acid groups (broad SMARTS) is 1. The van der Waals surface area contributed by atoms with Gasteiger partial charge in [0, 0.05) is 6.54 Å². The van der Waals surface area contributed by atoms with Crippen LogP contribution in [0, 0.1) is 5.53 Å². The third-order valence-corrected chi connectivity index (χ3v) is 1.72. The molecular weight excluding hydrogens is 164 g/mol. The van der Waals surface area contributed by atoms with E-state index < -0.39 is 18.2 Å². The molecule has 12 heavy (non-hydrogen) atoms. The second-order valence-electron chi connectivity index (χ2n) is 2.52. The summed E-state index contributed by atoms with van der Waals surface area (Å²) in [6, 6.07) is -0.625. The number of aliphatic hydroxyl groups is 1. The standard InChI is InChI=1S/C5H8N4O3/c6-8-7-3-1-9(5(11)12)2-4(3)10/h3-4,6,10H,1-2H2/t3-,4-/m1/s1. The molecule has 1 aliphatic rings. The molecule has 1 amide bonds. The van der Waals surface area contributed by atoms with Crippen molar-refractivity contribution in [3.05, 3.63) is 0 Å². The van der Waals surface area contributed by atoms with E-state index in [1.54, 1.807) is 0 Å². The lowest BCUT2D eigenvalue weighted by molar-refractivity contribution is -0.264. The molecule has 0 spiro atoms. The van der Waals surface area contributed by atoms with Crippen LogP contribution in [0.4, 0.5) is 4.79 Å². The number of carbonyl (C=O) groups is 1. The van der Waals surface area contributed by atoms with Crippen LogP contribution in [0.2, 0.25) is 0 Å². The number of rotatable bonds is 1. The lowest BCUT2D eigenvalue weighted by Gasteiger charge is -2.16. The molecule has 1 fully saturated rings. The third kappa shape index (κ3) is 1.58. The Kier molecular flexibility index (Phi) is 2.37. The molecule has 1 saturated heterocycles. The molecule has 0 unspecified atom stereocenters. The Morgan fingerprint density at radius 3 is 2.83 bits per heavy atom. The second-order valence-corrected chi connectivity index (χ2v) is 2.52. The molecule has 0 bridgehead atoms. The lowest BCUT2D eigenvalue weighted by Crippen LogP contribution is -2.40. The molecule has 7 nitrogen and oxygen atoms in total. The summed E-state index contributed by atoms with van der Waals surface area (Å²) in [5.41, 5.74) is 6.40. The smallest absolute Gasteiger partial charge is 0.214 e. The average Bonchev–Trinajstić information content (AvgIpc) is 2.34. The van der Waals surface area contributed by atoms with Crippen LogP contribution in [-0.4, -0.2) is 41.3 Å². The number of hydrogen-bond donors (Lipinski definition) is 2. The van der Waals surface area contributed by atoms with Gasteiger partial charge in [0.15, 0.2) is 6.04 Å². The molecule has 0 saturated carbocycles. The van der Waals surface area contributed by atoms with Crippen LogP contribution in [0.1, 0.15) is 0 Å². The van der Waals surface area contributed by atoms with Crippen molar-refractivity contribution < 1.29 is 15.0 Å². The van der Waals surface area contributed by atoms with Crippen LogP contribution in [0.3, 0.4) is 0 Å². The summed E-state index contributed by atoms with van der Waals surface area (Å²) in [5.74, 6) is 0. The van der Waals surface area contributed by atoms with Gasteiger partial charge in [0.2, 0.25) is 4.91 Å². The first-order valence-electron chi connectivity index (χ1n) is 3.35. The molecule has 0 aromatic rings. The summed E-state index contributed by atoms with van der Waals surface area (Å²) in [6.45, 7) is 0.0257. The summed E-state index contributed by atoms with van der Waals surface area (Å²) >= 11 is 0. The Morgan fingerprint density at radius 2 is 2.42 bits per heavy atom. The molecule has 0 aromatic heterocycles. The molecule has 66 valence electrons. The van der Waals surface area contributed by atoms with Crippen LogP contribution >= 0.6 is 0 Å². The predicted octanol–water partition coefficient (Wildman–Crippen LogP) is -2.07. The van der Waals surface area contributed by atoms with Gasteiger partial charge in [0.05, 0.1) is 6.54 Å². The summed E-state index contributed by atoms with van der Waals surface area (Å²) < 4.78 is 0. The number of nitrogens with zero attached hydrogens (tertiary/aromatic N) is 3. The number of aliphatic hydroxyl groups excluding tert-OH is 1. The zero-order valence-electron chi connectivity index (χ0n) is 6.17. The van der Waals surface area contributed by atoms with E-state index in [1.807, 2.05) is 0 Å². The van der Waals surface area contributed by atoms with Gasteiger partial charge in [-0.2, -0.15) is 0 Å². The van der Waals surface area contributed by atoms with E-state index in [4.69, 9.17) is 10.6 Å². The largest absolute Gasteiger partial charge is 0.530 e. The van der Waals surface area contributed by atoms with E-state index >= 15 is 0 Å². The molecule has 1 aliphatic heterocycles. The van der Waals surface area contributed by atoms with Crippen LogP contribution in [0.5, 0.6) is 0 Å². The maximum atomic E-state index is 10.3. The Labute approximate surface area is 67.8 Å². The zero-order chi connectivity index (χ0) is 9.14. The van der Waals surface area contributed by atoms with Crippen molar-refractivity contribution in [1.29, 1.82) is 5.53 Å². The number of β-amino-alcohol motifs (C(OH)–C–C–N with tert-alkyl or cyclic N) is 1. The van der Waals surface area contributed by atoms with Crippen LogP contribution in [-0.2, 0) is 0 Å². The number of amides is 1. The van der Waals surface area contributed by atoms with Gasteiger partial charge in [-0.25, -0.2) is 0 Å². The van der Waals surface area contributed by atoms with E-state index in [0.717, 1.165) is 4.90 Å². The van der Waals surface area contributed by atoms with Crippen LogP contribution < -0.4 is 10.0 Å². The number of nitrogens with one attached hydrogen (secondary N) is 1. The first-order chi connectivity index (χ1) is 5.65. The van der Waals surface area contributed by atoms with Gasteiger partial charge < -0.3 is 19.9 Å². The van der Waals surface area contributed by atoms with E-state index in [-0.39, 0.29) is 13.1 Å². The first-order valence-corrected chi connectivity index (χ1v) is 3.35. The van der Waals surface area contributed by atoms with Gasteiger partial charge >= 0.3 is 0 Å². The highest BCUT2D eigenvalue weighted by molar-refractivity contribution is 5.63. The Morgan fingerprint density at radius 1 is 1.75 bits per heavy atom. The molecule has 0 radical (unpaired) electrons. The molecule has 7 heteroatoms. The summed E-state index contributed by atoms with van der Waals surface area (Å²) in [5, 5.41) is 22.8. The van der Waals surface area contributed by atoms with E-state index in [2.05, 4.69) is 10.0 Å². The Balaban J connectivity index is 2.61. The van der Waals surface area contributed by atoms with E-state index in [9.17, 15) is 9.90 Å². The summed E-state index contributed by atoms with van der Waals surface area (Å²) in [7, 11) is 0. The van der Waals surface area contributed by atoms with Gasteiger partial charge in [-0.3, -0.25) is 0 Å². The van der Waals surface area contributed by atoms with Crippen molar-refractivity contribution in [2.45, 2.75) is 12.1 Å². The molecule has 2 atom stereocenters. The maximum absolute atomic E-state index is 10.3. The van der Waals surface area contributed by atoms with Crippen molar-refractivity contribution >= 4 is 6.09 Å². The van der Waals surface area contributed by atoms with Gasteiger partial charge in [0.25, 0.3) is 0 Å². The van der Waals surface area contributed by atoms with Crippen LogP contribution in [0.25, 0.3) is 0 Å². The van der Waals surface area contributed by atoms with Crippen molar-refractivity contribution in [2.24, 2.45) is 5.11 Å². The monoisotopic (exact) mass is 172 g/mol. The van der Waals surface area contributed by atoms with Crippen molar-refractivity contribution in [2.75, 3.05) is 13.1 Å². The van der Waals surface area contributed by atoms with Crippen LogP contribution in [0.15, 0.2) is 5.11 Å². The highest BCUT2D eigenvalue weighted by Gasteiger charge is 2.34. The quantitative estimate of drug-likeness (QED) is 0.349. The maximum Gasteiger partial charge on any atom is 0.214 e. The lowest BCUT2D eigenvalue weighted by atomic mass is 10.2. The van der Waals surface area contributed by atoms with Crippen molar-refractivity contribution in [3.8, 4) is 0 Å². The molecular formula is C5H8N4O3. The third-order valence-electron chi connectivity index (χ3n) is 1.72. The van der Waals surface area contributed by atoms with Gasteiger partial charge in [-0.05, 0) is 0 Å². The van der Waals surface area contributed by atoms with Gasteiger partial charge in [0.1, 0.15) is 22.8 Å². The minimum absolute atomic E-state index is 0.0218. The Bertz CT molecular complexity index is 237. The number of hydrogen-bond acceptors (Lipinski definition) is 5. The van der Waals surface area contributed by atoms with Gasteiger partial charge in [-0.15, -0.1) is 0 Å². The summed E-state index contributed by atoms with van der Waals surface area (Å²) in [6.07, 6.45) is -2.21. The number of likely N-dealkylation sites (tertiary alicyclic amines) is 1. The first kappa shape index (κ1) is 8.63. The normalized spacial score (nSPS) is 28.2. The van der Waals surface area contributed by atoms with E-state index in [0.29, 0.717) is 0 Å². The SMILES string of the molecule is N=[N+]=N[C@@H]1CN(C(=O)[O-])C[C@H]1O. The van der Waals surface area contributed by atoms with Crippen molar-refractivity contribution in [1.82, 2.24) is 9.81 Å². The molecule has 1 heterocycles. The van der Waals surface area contributed by atoms with Crippen molar-refractivity contribution in [3.63, 3.8) is 0 Å². The topological polar surface area (TPSA) is 114 Å². The second kappa shape index (κ2) is 3.29. The zero-order valence-corrected chi connectivity index (χ0v) is 6.17. The molecule has 0 aromatic carbocycles. The summed E-state index contributed by atoms with van der Waals surface area (Å²) in [4.78, 5) is 14.0. The fraction of sp³-hybridized carbons (Fsp3) is 0.800. The minimum atomic E-state index is -1.34. The van der Waals surface area contributed by atoms with E-state index in [1.165, 1.54) is 0 Å². The fourth-order valence-electron chi connectivity index (χ4n) is 1.11.